The summed E-state index contributed by atoms with van der Waals surface area (Å²) >= 11 is 0. The van der Waals surface area contributed by atoms with Gasteiger partial charge in [0.15, 0.2) is 0 Å². The Labute approximate surface area is 87.8 Å². The zero-order valence-electron chi connectivity index (χ0n) is 6.75. The molecule has 2 aromatic heterocycles. The summed E-state index contributed by atoms with van der Waals surface area (Å²) in [5, 5.41) is 0. The van der Waals surface area contributed by atoms with E-state index in [4.69, 9.17) is 5.73 Å². The summed E-state index contributed by atoms with van der Waals surface area (Å²) in [6, 6.07) is 3.87. The van der Waals surface area contributed by atoms with Gasteiger partial charge < -0.3 is 23.1 Å². The molecule has 0 unspecified atom stereocenters. The van der Waals surface area contributed by atoms with E-state index < -0.39 is 0 Å². The Bertz CT molecular complexity index is 340. The lowest BCUT2D eigenvalue weighted by Gasteiger charge is -1.77. The second kappa shape index (κ2) is 5.01. The van der Waals surface area contributed by atoms with E-state index >= 15 is 0 Å². The number of hydrogen-bond acceptors (Lipinski definition) is 2. The highest BCUT2D eigenvalue weighted by atomic mass is 35.5. The van der Waals surface area contributed by atoms with E-state index in [0.29, 0.717) is 6.54 Å². The molecule has 4 N–H and O–H groups in total. The number of hydrogen-bond donors (Lipinski definition) is 2. The Kier molecular flexibility index (Phi) is 4.69. The summed E-state index contributed by atoms with van der Waals surface area (Å²) in [5.41, 5.74) is 7.25. The third-order valence-electron chi connectivity index (χ3n) is 1.55. The van der Waals surface area contributed by atoms with Gasteiger partial charge in [-0.2, -0.15) is 0 Å². The van der Waals surface area contributed by atoms with Crippen molar-refractivity contribution in [3.63, 3.8) is 0 Å². The molecule has 0 saturated carbocycles. The molecule has 0 fully saturated rings. The molecule has 2 aromatic rings. The molecule has 0 aliphatic rings. The maximum Gasteiger partial charge on any atom is 0.346 e. The summed E-state index contributed by atoms with van der Waals surface area (Å²) < 4.78 is 0. The molecule has 13 heavy (non-hydrogen) atoms. The minimum atomic E-state index is 0. The van der Waals surface area contributed by atoms with Gasteiger partial charge in [0.1, 0.15) is 5.52 Å². The van der Waals surface area contributed by atoms with Gasteiger partial charge in [0.2, 0.25) is 5.82 Å². The lowest BCUT2D eigenvalue weighted by atomic mass is 10.4. The van der Waals surface area contributed by atoms with Crippen molar-refractivity contribution in [3.05, 3.63) is 24.2 Å². The van der Waals surface area contributed by atoms with Gasteiger partial charge in [-0.05, 0) is 17.1 Å². The Balaban J connectivity index is 0.000000720. The first kappa shape index (κ1) is 12.2. The minimum Gasteiger partial charge on any atom is -1.00 e. The van der Waals surface area contributed by atoms with E-state index in [1.165, 1.54) is 0 Å². The van der Waals surface area contributed by atoms with Crippen molar-refractivity contribution >= 4 is 23.6 Å². The van der Waals surface area contributed by atoms with Crippen LogP contribution in [0, 0.1) is 0 Å². The van der Waals surface area contributed by atoms with Crippen LogP contribution in [0.5, 0.6) is 0 Å². The number of H-pyrrole nitrogens is 2. The van der Waals surface area contributed by atoms with Gasteiger partial charge in [-0.3, -0.25) is 0 Å². The third-order valence-corrected chi connectivity index (χ3v) is 1.55. The summed E-state index contributed by atoms with van der Waals surface area (Å²) in [6.45, 7) is 0.447. The fraction of sp³-hybridized carbons (Fsp3) is 0.143. The van der Waals surface area contributed by atoms with E-state index in [2.05, 4.69) is 15.0 Å². The number of rotatable bonds is 1. The smallest absolute Gasteiger partial charge is 0.346 e. The normalized spacial score (nSPS) is 9.00. The average Bonchev–Trinajstić information content (AvgIpc) is 2.46. The molecule has 0 amide bonds. The molecule has 0 saturated heterocycles. The average molecular weight is 221 g/mol. The molecular formula is C7H10Cl2N4. The first-order valence-electron chi connectivity index (χ1n) is 3.45. The molecule has 0 aliphatic heterocycles. The molecule has 4 nitrogen and oxygen atoms in total. The number of nitrogens with zero attached hydrogens (tertiary/aromatic N) is 1. The molecule has 0 aromatic carbocycles. The summed E-state index contributed by atoms with van der Waals surface area (Å²) in [4.78, 5) is 10.3. The molecule has 6 heteroatoms. The van der Waals surface area contributed by atoms with Gasteiger partial charge in [0, 0.05) is 0 Å². The first-order chi connectivity index (χ1) is 5.40. The second-order valence-corrected chi connectivity index (χ2v) is 2.32. The molecule has 2 rings (SSSR count). The van der Waals surface area contributed by atoms with Crippen molar-refractivity contribution < 1.29 is 17.4 Å². The molecule has 0 bridgehead atoms. The van der Waals surface area contributed by atoms with Crippen LogP contribution in [0.15, 0.2) is 18.3 Å². The molecule has 0 aliphatic carbocycles. The molecule has 72 valence electrons. The monoisotopic (exact) mass is 220 g/mol. The highest BCUT2D eigenvalue weighted by Gasteiger charge is 2.07. The lowest BCUT2D eigenvalue weighted by Crippen LogP contribution is -3.00. The fourth-order valence-corrected chi connectivity index (χ4v) is 1.04. The minimum absolute atomic E-state index is 0. The maximum atomic E-state index is 5.41. The highest BCUT2D eigenvalue weighted by Crippen LogP contribution is 2.02. The van der Waals surface area contributed by atoms with Gasteiger partial charge in [-0.15, -0.1) is 12.4 Å². The Hall–Kier alpha value is -0.840. The van der Waals surface area contributed by atoms with Crippen molar-refractivity contribution in [2.45, 2.75) is 6.54 Å². The molecular weight excluding hydrogens is 211 g/mol. The Morgan fingerprint density at radius 3 is 2.92 bits per heavy atom. The van der Waals surface area contributed by atoms with Gasteiger partial charge in [0.05, 0.1) is 12.7 Å². The highest BCUT2D eigenvalue weighted by molar-refractivity contribution is 5.85. The molecule has 0 spiro atoms. The van der Waals surface area contributed by atoms with E-state index in [1.807, 2.05) is 18.3 Å². The van der Waals surface area contributed by atoms with E-state index in [9.17, 15) is 0 Å². The molecule has 0 atom stereocenters. The zero-order chi connectivity index (χ0) is 7.68. The van der Waals surface area contributed by atoms with E-state index in [0.717, 1.165) is 17.0 Å². The Morgan fingerprint density at radius 2 is 2.31 bits per heavy atom. The maximum absolute atomic E-state index is 5.41. The van der Waals surface area contributed by atoms with Crippen LogP contribution in [0.3, 0.4) is 0 Å². The van der Waals surface area contributed by atoms with Gasteiger partial charge in [-0.25, -0.2) is 4.98 Å². The van der Waals surface area contributed by atoms with Crippen LogP contribution in [0.1, 0.15) is 5.82 Å². The standard InChI is InChI=1S/C7H8N4.2ClH/c8-4-6-10-5-2-1-3-9-7(5)11-6;;/h1-3H,4,8H2,(H,9,10,11);2*1H. The van der Waals surface area contributed by atoms with Crippen LogP contribution in [0.2, 0.25) is 0 Å². The van der Waals surface area contributed by atoms with Crippen LogP contribution in [0.4, 0.5) is 0 Å². The van der Waals surface area contributed by atoms with Crippen LogP contribution < -0.4 is 23.1 Å². The van der Waals surface area contributed by atoms with E-state index in [1.54, 1.807) is 0 Å². The summed E-state index contributed by atoms with van der Waals surface area (Å²) in [6.07, 6.45) is 1.84. The summed E-state index contributed by atoms with van der Waals surface area (Å²) in [5.74, 6) is 0.808. The molecule has 2 heterocycles. The van der Waals surface area contributed by atoms with Crippen LogP contribution in [-0.4, -0.2) is 9.97 Å². The van der Waals surface area contributed by atoms with Crippen molar-refractivity contribution in [2.75, 3.05) is 0 Å². The fourth-order valence-electron chi connectivity index (χ4n) is 1.04. The lowest BCUT2D eigenvalue weighted by molar-refractivity contribution is -0.347. The zero-order valence-corrected chi connectivity index (χ0v) is 8.32. The van der Waals surface area contributed by atoms with Crippen LogP contribution in [-0.2, 0) is 6.54 Å². The number of imidazole rings is 1. The van der Waals surface area contributed by atoms with Crippen molar-refractivity contribution in [3.8, 4) is 0 Å². The predicted octanol–water partition coefficient (Wildman–Crippen LogP) is -2.74. The number of nitrogens with one attached hydrogen (secondary N) is 2. The number of fused-ring (bicyclic) bond motifs is 1. The number of aromatic amines is 2. The van der Waals surface area contributed by atoms with E-state index in [-0.39, 0.29) is 24.8 Å². The van der Waals surface area contributed by atoms with Crippen molar-refractivity contribution in [2.24, 2.45) is 5.73 Å². The second-order valence-electron chi connectivity index (χ2n) is 2.32. The van der Waals surface area contributed by atoms with Gasteiger partial charge in [-0.1, -0.05) is 0 Å². The predicted molar refractivity (Wildman–Crippen MR) is 47.8 cm³/mol. The molecule has 0 radical (unpaired) electrons. The summed E-state index contributed by atoms with van der Waals surface area (Å²) in [7, 11) is 0. The van der Waals surface area contributed by atoms with Crippen molar-refractivity contribution in [1.82, 2.24) is 9.97 Å². The number of halogens is 2. The largest absolute Gasteiger partial charge is 1.00 e. The third kappa shape index (κ3) is 2.30. The number of aromatic nitrogens is 3. The number of pyridine rings is 1. The quantitative estimate of drug-likeness (QED) is 0.548. The Morgan fingerprint density at radius 1 is 1.54 bits per heavy atom. The van der Waals surface area contributed by atoms with Gasteiger partial charge >= 0.3 is 5.65 Å². The first-order valence-corrected chi connectivity index (χ1v) is 3.45. The SMILES string of the molecule is Cl.NCc1nc2[nH+]cccc2[nH]1.[Cl-]. The van der Waals surface area contributed by atoms with Crippen LogP contribution in [0.25, 0.3) is 11.2 Å². The topological polar surface area (TPSA) is 68.8 Å². The van der Waals surface area contributed by atoms with Crippen LogP contribution >= 0.6 is 12.4 Å². The number of nitrogens with two attached hydrogens (primary N) is 1. The van der Waals surface area contributed by atoms with Gasteiger partial charge in [0.25, 0.3) is 0 Å². The van der Waals surface area contributed by atoms with Crippen molar-refractivity contribution in [1.29, 1.82) is 0 Å².